The molecule has 30 heavy (non-hydrogen) atoms. The van der Waals surface area contributed by atoms with Crippen LogP contribution >= 0.6 is 24.0 Å². The number of aliphatic imine (C=N–C) groups is 1. The highest BCUT2D eigenvalue weighted by Gasteiger charge is 2.20. The molecule has 1 saturated heterocycles. The Morgan fingerprint density at radius 2 is 1.93 bits per heavy atom. The van der Waals surface area contributed by atoms with Gasteiger partial charge in [-0.1, -0.05) is 17.3 Å². The maximum atomic E-state index is 5.06. The van der Waals surface area contributed by atoms with Crippen LogP contribution in [0.4, 0.5) is 5.69 Å². The number of ether oxygens (including phenoxy) is 1. The number of halogens is 1. The highest BCUT2D eigenvalue weighted by molar-refractivity contribution is 14.0. The van der Waals surface area contributed by atoms with E-state index in [2.05, 4.69) is 56.8 Å². The van der Waals surface area contributed by atoms with Crippen molar-refractivity contribution in [2.24, 2.45) is 4.99 Å². The molecule has 166 valence electrons. The van der Waals surface area contributed by atoms with Gasteiger partial charge in [0.05, 0.1) is 18.8 Å². The molecule has 2 N–H and O–H groups in total. The normalized spacial score (nSPS) is 15.0. The zero-order valence-corrected chi connectivity index (χ0v) is 20.2. The van der Waals surface area contributed by atoms with Crippen molar-refractivity contribution in [1.29, 1.82) is 0 Å². The minimum Gasteiger partial charge on any atom is -0.383 e. The number of nitrogens with one attached hydrogen (secondary N) is 2. The second kappa shape index (κ2) is 13.5. The van der Waals surface area contributed by atoms with Crippen LogP contribution in [0.3, 0.4) is 0 Å². The number of aromatic nitrogens is 1. The summed E-state index contributed by atoms with van der Waals surface area (Å²) in [5, 5.41) is 10.8. The van der Waals surface area contributed by atoms with E-state index in [4.69, 9.17) is 14.3 Å². The van der Waals surface area contributed by atoms with E-state index in [1.54, 1.807) is 13.4 Å². The number of methoxy groups -OCH3 is 1. The van der Waals surface area contributed by atoms with Crippen LogP contribution in [0.15, 0.2) is 46.1 Å². The Labute approximate surface area is 196 Å². The third-order valence-corrected chi connectivity index (χ3v) is 4.88. The van der Waals surface area contributed by atoms with Crippen LogP contribution in [0.2, 0.25) is 0 Å². The summed E-state index contributed by atoms with van der Waals surface area (Å²) >= 11 is 0. The molecule has 1 aromatic heterocycles. The van der Waals surface area contributed by atoms with Gasteiger partial charge in [-0.2, -0.15) is 0 Å². The van der Waals surface area contributed by atoms with E-state index in [0.717, 1.165) is 63.2 Å². The van der Waals surface area contributed by atoms with Crippen molar-refractivity contribution in [3.63, 3.8) is 0 Å². The lowest BCUT2D eigenvalue weighted by Crippen LogP contribution is -2.52. The molecule has 2 aromatic rings. The molecule has 0 spiro atoms. The first-order valence-electron chi connectivity index (χ1n) is 10.2. The Balaban J connectivity index is 0.00000320. The number of guanidine groups is 1. The molecule has 0 atom stereocenters. The summed E-state index contributed by atoms with van der Waals surface area (Å²) in [6, 6.07) is 10.4. The second-order valence-corrected chi connectivity index (χ2v) is 7.04. The van der Waals surface area contributed by atoms with E-state index >= 15 is 0 Å². The summed E-state index contributed by atoms with van der Waals surface area (Å²) in [6.07, 6.45) is 1.63. The largest absolute Gasteiger partial charge is 0.383 e. The average molecular weight is 528 g/mol. The fraction of sp³-hybridized carbons (Fsp3) is 0.524. The third-order valence-electron chi connectivity index (χ3n) is 4.88. The van der Waals surface area contributed by atoms with Crippen LogP contribution in [0, 0.1) is 0 Å². The van der Waals surface area contributed by atoms with E-state index in [1.807, 2.05) is 6.07 Å². The van der Waals surface area contributed by atoms with Gasteiger partial charge in [0.1, 0.15) is 6.26 Å². The van der Waals surface area contributed by atoms with Crippen LogP contribution in [-0.4, -0.2) is 73.9 Å². The molecule has 0 amide bonds. The smallest absolute Gasteiger partial charge is 0.194 e. The number of benzene rings is 1. The topological polar surface area (TPSA) is 78.2 Å². The Morgan fingerprint density at radius 3 is 2.57 bits per heavy atom. The van der Waals surface area contributed by atoms with Crippen molar-refractivity contribution in [1.82, 2.24) is 20.3 Å². The predicted molar refractivity (Wildman–Crippen MR) is 130 cm³/mol. The number of rotatable bonds is 9. The lowest BCUT2D eigenvalue weighted by atomic mass is 10.2. The molecular formula is C21H33IN6O2. The Hall–Kier alpha value is -1.85. The summed E-state index contributed by atoms with van der Waals surface area (Å²) in [4.78, 5) is 9.59. The first kappa shape index (κ1) is 24.4. The lowest BCUT2D eigenvalue weighted by molar-refractivity contribution is 0.169. The van der Waals surface area contributed by atoms with Gasteiger partial charge in [-0.3, -0.25) is 4.90 Å². The molecule has 3 rings (SSSR count). The molecule has 1 fully saturated rings. The summed E-state index contributed by atoms with van der Waals surface area (Å²) in [6.45, 7) is 9.85. The van der Waals surface area contributed by atoms with E-state index in [1.165, 1.54) is 5.56 Å². The van der Waals surface area contributed by atoms with Crippen LogP contribution in [-0.2, 0) is 17.8 Å². The summed E-state index contributed by atoms with van der Waals surface area (Å²) < 4.78 is 9.99. The second-order valence-electron chi connectivity index (χ2n) is 7.04. The van der Waals surface area contributed by atoms with Gasteiger partial charge in [-0.15, -0.1) is 24.0 Å². The molecular weight excluding hydrogens is 495 g/mol. The Bertz CT molecular complexity index is 730. The monoisotopic (exact) mass is 528 g/mol. The fourth-order valence-electron chi connectivity index (χ4n) is 3.28. The lowest BCUT2D eigenvalue weighted by Gasteiger charge is -2.36. The zero-order valence-electron chi connectivity index (χ0n) is 17.8. The molecule has 1 aliphatic heterocycles. The molecule has 1 aromatic carbocycles. The molecule has 0 aliphatic carbocycles. The van der Waals surface area contributed by atoms with Crippen molar-refractivity contribution >= 4 is 35.6 Å². The van der Waals surface area contributed by atoms with Crippen molar-refractivity contribution in [3.05, 3.63) is 47.9 Å². The van der Waals surface area contributed by atoms with Gasteiger partial charge >= 0.3 is 0 Å². The molecule has 0 bridgehead atoms. The summed E-state index contributed by atoms with van der Waals surface area (Å²) in [5.74, 6) is 0.982. The van der Waals surface area contributed by atoms with E-state index in [9.17, 15) is 0 Å². The predicted octanol–water partition coefficient (Wildman–Crippen LogP) is 2.63. The highest BCUT2D eigenvalue weighted by atomic mass is 127. The molecule has 0 radical (unpaired) electrons. The Kier molecular flexibility index (Phi) is 11.0. The average Bonchev–Trinajstić information content (AvgIpc) is 3.26. The van der Waals surface area contributed by atoms with Crippen LogP contribution < -0.4 is 10.6 Å². The van der Waals surface area contributed by atoms with Crippen molar-refractivity contribution in [2.45, 2.75) is 20.0 Å². The molecule has 0 saturated carbocycles. The van der Waals surface area contributed by atoms with Crippen LogP contribution in [0.25, 0.3) is 0 Å². The maximum absolute atomic E-state index is 5.06. The van der Waals surface area contributed by atoms with Gasteiger partial charge in [-0.05, 0) is 24.6 Å². The quantitative estimate of drug-likeness (QED) is 0.224. The number of hydrogen-bond donors (Lipinski definition) is 2. The van der Waals surface area contributed by atoms with Crippen molar-refractivity contribution in [2.75, 3.05) is 58.3 Å². The molecule has 8 nitrogen and oxygen atoms in total. The van der Waals surface area contributed by atoms with Crippen molar-refractivity contribution in [3.8, 4) is 0 Å². The first-order valence-corrected chi connectivity index (χ1v) is 10.2. The van der Waals surface area contributed by atoms with Crippen LogP contribution in [0.5, 0.6) is 0 Å². The van der Waals surface area contributed by atoms with E-state index in [-0.39, 0.29) is 24.0 Å². The van der Waals surface area contributed by atoms with Crippen LogP contribution in [0.1, 0.15) is 18.2 Å². The van der Waals surface area contributed by atoms with Gasteiger partial charge in [0, 0.05) is 64.7 Å². The van der Waals surface area contributed by atoms with Gasteiger partial charge < -0.3 is 24.8 Å². The van der Waals surface area contributed by atoms with E-state index < -0.39 is 0 Å². The number of anilines is 1. The fourth-order valence-corrected chi connectivity index (χ4v) is 3.28. The molecule has 0 unspecified atom stereocenters. The SMILES string of the molecule is CCNC(=NCc1ccc(NCCOC)cc1)N1CCN(Cc2ccon2)CC1.I. The minimum absolute atomic E-state index is 0. The minimum atomic E-state index is 0. The first-order chi connectivity index (χ1) is 14.3. The van der Waals surface area contributed by atoms with E-state index in [0.29, 0.717) is 13.2 Å². The third kappa shape index (κ3) is 7.77. The summed E-state index contributed by atoms with van der Waals surface area (Å²) in [7, 11) is 1.71. The van der Waals surface area contributed by atoms with Gasteiger partial charge in [0.25, 0.3) is 0 Å². The number of nitrogens with zero attached hydrogens (tertiary/aromatic N) is 4. The maximum Gasteiger partial charge on any atom is 0.194 e. The van der Waals surface area contributed by atoms with Crippen molar-refractivity contribution < 1.29 is 9.26 Å². The molecule has 1 aliphatic rings. The molecule has 9 heteroatoms. The standard InChI is InChI=1S/C21H32N6O2.HI/c1-3-22-21(24-16-18-4-6-19(7-5-18)23-9-15-28-2)27-12-10-26(11-13-27)17-20-8-14-29-25-20;/h4-8,14,23H,3,9-13,15-17H2,1-2H3,(H,22,24);1H. The Morgan fingerprint density at radius 1 is 1.17 bits per heavy atom. The van der Waals surface area contributed by atoms with Gasteiger partial charge in [0.2, 0.25) is 0 Å². The highest BCUT2D eigenvalue weighted by Crippen LogP contribution is 2.11. The number of hydrogen-bond acceptors (Lipinski definition) is 6. The number of piperazine rings is 1. The zero-order chi connectivity index (χ0) is 20.3. The molecule has 2 heterocycles. The van der Waals surface area contributed by atoms with Gasteiger partial charge in [-0.25, -0.2) is 4.99 Å². The van der Waals surface area contributed by atoms with Gasteiger partial charge in [0.15, 0.2) is 5.96 Å². The summed E-state index contributed by atoms with van der Waals surface area (Å²) in [5.41, 5.74) is 3.28.